The van der Waals surface area contributed by atoms with Crippen molar-refractivity contribution >= 4 is 5.91 Å². The number of rotatable bonds is 2. The molecule has 2 rings (SSSR count). The topological polar surface area (TPSA) is 68.0 Å². The molecule has 110 valence electrons. The second kappa shape index (κ2) is 5.78. The molecule has 0 aromatic carbocycles. The van der Waals surface area contributed by atoms with Gasteiger partial charge in [-0.15, -0.1) is 0 Å². The van der Waals surface area contributed by atoms with Crippen LogP contribution in [0.4, 0.5) is 13.2 Å². The van der Waals surface area contributed by atoms with Crippen LogP contribution in [0.1, 0.15) is 41.7 Å². The van der Waals surface area contributed by atoms with Crippen molar-refractivity contribution in [2.75, 3.05) is 0 Å². The first-order valence-corrected chi connectivity index (χ1v) is 6.47. The van der Waals surface area contributed by atoms with Gasteiger partial charge in [0, 0.05) is 18.3 Å². The molecule has 0 radical (unpaired) electrons. The summed E-state index contributed by atoms with van der Waals surface area (Å²) in [6.07, 6.45) is -0.145. The molecule has 1 aromatic rings. The van der Waals surface area contributed by atoms with Crippen LogP contribution in [0.15, 0.2) is 18.3 Å². The van der Waals surface area contributed by atoms with Crippen LogP contribution < -0.4 is 11.1 Å². The van der Waals surface area contributed by atoms with Crippen LogP contribution in [0.5, 0.6) is 0 Å². The highest BCUT2D eigenvalue weighted by molar-refractivity contribution is 5.92. The van der Waals surface area contributed by atoms with E-state index < -0.39 is 17.6 Å². The Balaban J connectivity index is 2.02. The predicted octanol–water partition coefficient (Wildman–Crippen LogP) is 2.10. The quantitative estimate of drug-likeness (QED) is 0.875. The molecule has 1 amide bonds. The van der Waals surface area contributed by atoms with E-state index in [9.17, 15) is 18.0 Å². The van der Waals surface area contributed by atoms with Gasteiger partial charge in [0.1, 0.15) is 5.69 Å². The third-order valence-corrected chi connectivity index (χ3v) is 3.46. The van der Waals surface area contributed by atoms with Crippen LogP contribution in [0.25, 0.3) is 0 Å². The summed E-state index contributed by atoms with van der Waals surface area (Å²) in [6.45, 7) is 0. The SMILES string of the molecule is NC1CCCCC1NC(=O)c1ccc(C(F)(F)F)cn1. The summed E-state index contributed by atoms with van der Waals surface area (Å²) in [6, 6.07) is 1.68. The molecule has 1 aliphatic carbocycles. The second-order valence-corrected chi connectivity index (χ2v) is 4.96. The molecule has 0 bridgehead atoms. The number of hydrogen-bond donors (Lipinski definition) is 2. The summed E-state index contributed by atoms with van der Waals surface area (Å²) in [5.41, 5.74) is 5.00. The molecular formula is C13H16F3N3O. The molecular weight excluding hydrogens is 271 g/mol. The van der Waals surface area contributed by atoms with Gasteiger partial charge < -0.3 is 11.1 Å². The molecule has 0 aliphatic heterocycles. The average molecular weight is 287 g/mol. The molecule has 1 heterocycles. The van der Waals surface area contributed by atoms with E-state index in [1.165, 1.54) is 0 Å². The van der Waals surface area contributed by atoms with Gasteiger partial charge in [0.05, 0.1) is 5.56 Å². The van der Waals surface area contributed by atoms with Crippen LogP contribution in [0.2, 0.25) is 0 Å². The fourth-order valence-electron chi connectivity index (χ4n) is 2.28. The predicted molar refractivity (Wildman–Crippen MR) is 66.9 cm³/mol. The van der Waals surface area contributed by atoms with Crippen LogP contribution in [-0.4, -0.2) is 23.0 Å². The fourth-order valence-corrected chi connectivity index (χ4v) is 2.28. The van der Waals surface area contributed by atoms with Crippen molar-refractivity contribution in [1.29, 1.82) is 0 Å². The zero-order chi connectivity index (χ0) is 14.8. The number of carbonyl (C=O) groups excluding carboxylic acids is 1. The Hall–Kier alpha value is -1.63. The molecule has 4 nitrogen and oxygen atoms in total. The van der Waals surface area contributed by atoms with E-state index in [1.807, 2.05) is 0 Å². The third-order valence-electron chi connectivity index (χ3n) is 3.46. The average Bonchev–Trinajstić information content (AvgIpc) is 2.40. The maximum atomic E-state index is 12.4. The fraction of sp³-hybridized carbons (Fsp3) is 0.538. The minimum absolute atomic E-state index is 0.0317. The van der Waals surface area contributed by atoms with Gasteiger partial charge in [-0.25, -0.2) is 0 Å². The summed E-state index contributed by atoms with van der Waals surface area (Å²) in [5.74, 6) is -0.485. The Morgan fingerprint density at radius 1 is 1.30 bits per heavy atom. The lowest BCUT2D eigenvalue weighted by atomic mass is 9.91. The molecule has 3 N–H and O–H groups in total. The van der Waals surface area contributed by atoms with Gasteiger partial charge >= 0.3 is 6.18 Å². The highest BCUT2D eigenvalue weighted by Crippen LogP contribution is 2.28. The first kappa shape index (κ1) is 14.8. The number of hydrogen-bond acceptors (Lipinski definition) is 3. The first-order valence-electron chi connectivity index (χ1n) is 6.47. The number of pyridine rings is 1. The molecule has 2 unspecified atom stereocenters. The van der Waals surface area contributed by atoms with E-state index in [-0.39, 0.29) is 17.8 Å². The summed E-state index contributed by atoms with van der Waals surface area (Å²) in [5, 5.41) is 2.74. The number of alkyl halides is 3. The van der Waals surface area contributed by atoms with Crippen molar-refractivity contribution in [1.82, 2.24) is 10.3 Å². The molecule has 1 fully saturated rings. The largest absolute Gasteiger partial charge is 0.417 e. The lowest BCUT2D eigenvalue weighted by Gasteiger charge is -2.29. The van der Waals surface area contributed by atoms with Crippen molar-refractivity contribution in [2.45, 2.75) is 43.9 Å². The lowest BCUT2D eigenvalue weighted by molar-refractivity contribution is -0.137. The number of nitrogens with two attached hydrogens (primary N) is 1. The van der Waals surface area contributed by atoms with Crippen LogP contribution >= 0.6 is 0 Å². The van der Waals surface area contributed by atoms with Gasteiger partial charge in [-0.3, -0.25) is 9.78 Å². The smallest absolute Gasteiger partial charge is 0.346 e. The Kier molecular flexibility index (Phi) is 4.27. The molecule has 0 saturated heterocycles. The van der Waals surface area contributed by atoms with Crippen LogP contribution in [0.3, 0.4) is 0 Å². The number of nitrogens with one attached hydrogen (secondary N) is 1. The maximum absolute atomic E-state index is 12.4. The van der Waals surface area contributed by atoms with Crippen LogP contribution in [-0.2, 0) is 6.18 Å². The van der Waals surface area contributed by atoms with Gasteiger partial charge in [0.25, 0.3) is 5.91 Å². The van der Waals surface area contributed by atoms with Crippen molar-refractivity contribution in [3.8, 4) is 0 Å². The molecule has 2 atom stereocenters. The molecule has 0 spiro atoms. The Bertz CT molecular complexity index is 473. The highest BCUT2D eigenvalue weighted by atomic mass is 19.4. The monoisotopic (exact) mass is 287 g/mol. The van der Waals surface area contributed by atoms with Crippen molar-refractivity contribution < 1.29 is 18.0 Å². The summed E-state index contributed by atoms with van der Waals surface area (Å²) in [7, 11) is 0. The number of nitrogens with zero attached hydrogens (tertiary/aromatic N) is 1. The van der Waals surface area contributed by atoms with Crippen LogP contribution in [0, 0.1) is 0 Å². The van der Waals surface area contributed by atoms with Gasteiger partial charge in [-0.05, 0) is 25.0 Å². The Morgan fingerprint density at radius 2 is 2.00 bits per heavy atom. The highest BCUT2D eigenvalue weighted by Gasteiger charge is 2.31. The van der Waals surface area contributed by atoms with Gasteiger partial charge in [-0.1, -0.05) is 12.8 Å². The third kappa shape index (κ3) is 3.47. The van der Waals surface area contributed by atoms with E-state index in [0.717, 1.165) is 37.8 Å². The van der Waals surface area contributed by atoms with E-state index in [2.05, 4.69) is 10.3 Å². The minimum atomic E-state index is -4.45. The van der Waals surface area contributed by atoms with Gasteiger partial charge in [-0.2, -0.15) is 13.2 Å². The number of carbonyl (C=O) groups is 1. The standard InChI is InChI=1S/C13H16F3N3O/c14-13(15,16)8-5-6-11(18-7-8)12(20)19-10-4-2-1-3-9(10)17/h5-7,9-10H,1-4,17H2,(H,19,20). The number of amides is 1. The number of halogens is 3. The normalized spacial score (nSPS) is 23.4. The Labute approximate surface area is 114 Å². The zero-order valence-electron chi connectivity index (χ0n) is 10.8. The molecule has 1 aromatic heterocycles. The minimum Gasteiger partial charge on any atom is -0.346 e. The van der Waals surface area contributed by atoms with Gasteiger partial charge in [0.15, 0.2) is 0 Å². The maximum Gasteiger partial charge on any atom is 0.417 e. The van der Waals surface area contributed by atoms with E-state index in [4.69, 9.17) is 5.73 Å². The van der Waals surface area contributed by atoms with E-state index in [1.54, 1.807) is 0 Å². The zero-order valence-corrected chi connectivity index (χ0v) is 10.8. The van der Waals surface area contributed by atoms with Gasteiger partial charge in [0.2, 0.25) is 0 Å². The molecule has 20 heavy (non-hydrogen) atoms. The first-order chi connectivity index (χ1) is 9.38. The molecule has 7 heteroatoms. The van der Waals surface area contributed by atoms with E-state index >= 15 is 0 Å². The second-order valence-electron chi connectivity index (χ2n) is 4.96. The van der Waals surface area contributed by atoms with E-state index in [0.29, 0.717) is 6.20 Å². The van der Waals surface area contributed by atoms with Crippen molar-refractivity contribution in [3.05, 3.63) is 29.6 Å². The summed E-state index contributed by atoms with van der Waals surface area (Å²) < 4.78 is 37.2. The van der Waals surface area contributed by atoms with Crippen molar-refractivity contribution in [2.24, 2.45) is 5.73 Å². The summed E-state index contributed by atoms with van der Waals surface area (Å²) >= 11 is 0. The number of aromatic nitrogens is 1. The van der Waals surface area contributed by atoms with Crippen molar-refractivity contribution in [3.63, 3.8) is 0 Å². The molecule has 1 saturated carbocycles. The molecule has 1 aliphatic rings. The lowest BCUT2D eigenvalue weighted by Crippen LogP contribution is -2.49. The summed E-state index contributed by atoms with van der Waals surface area (Å²) in [4.78, 5) is 15.5. The Morgan fingerprint density at radius 3 is 2.55 bits per heavy atom.